The van der Waals surface area contributed by atoms with Crippen LogP contribution < -0.4 is 5.73 Å². The van der Waals surface area contributed by atoms with Crippen LogP contribution in [0.3, 0.4) is 0 Å². The summed E-state index contributed by atoms with van der Waals surface area (Å²) >= 11 is 0. The molecule has 1 aliphatic rings. The molecule has 2 N–H and O–H groups in total. The zero-order valence-electron chi connectivity index (χ0n) is 14.8. The summed E-state index contributed by atoms with van der Waals surface area (Å²) in [6, 6.07) is 0. The molecule has 0 heterocycles. The Morgan fingerprint density at radius 1 is 1.10 bits per heavy atom. The molecule has 0 radical (unpaired) electrons. The maximum atomic E-state index is 6.07. The predicted octanol–water partition coefficient (Wildman–Crippen LogP) is 5.63. The Bertz CT molecular complexity index is 253. The van der Waals surface area contributed by atoms with Crippen LogP contribution in [0.25, 0.3) is 0 Å². The van der Waals surface area contributed by atoms with Crippen LogP contribution in [0, 0.1) is 29.1 Å². The SMILES string of the molecule is CCCCC(CC)CC1CC(C(C)(C)C)CCC1CN. The van der Waals surface area contributed by atoms with Crippen molar-refractivity contribution >= 4 is 0 Å². The number of hydrogen-bond acceptors (Lipinski definition) is 1. The largest absolute Gasteiger partial charge is 0.330 e. The maximum Gasteiger partial charge on any atom is -0.00462 e. The molecule has 0 spiro atoms. The summed E-state index contributed by atoms with van der Waals surface area (Å²) in [5.41, 5.74) is 6.54. The van der Waals surface area contributed by atoms with E-state index in [1.54, 1.807) is 0 Å². The molecule has 0 aliphatic heterocycles. The molecule has 0 amide bonds. The quantitative estimate of drug-likeness (QED) is 0.643. The average Bonchev–Trinajstić information content (AvgIpc) is 2.42. The first-order valence-corrected chi connectivity index (χ1v) is 9.12. The molecule has 4 atom stereocenters. The number of nitrogens with two attached hydrogens (primary N) is 1. The minimum Gasteiger partial charge on any atom is -0.330 e. The first kappa shape index (κ1) is 18.0. The zero-order valence-corrected chi connectivity index (χ0v) is 14.8. The van der Waals surface area contributed by atoms with Gasteiger partial charge < -0.3 is 5.73 Å². The fourth-order valence-corrected chi connectivity index (χ4v) is 4.12. The second-order valence-corrected chi connectivity index (χ2v) is 8.28. The van der Waals surface area contributed by atoms with E-state index in [0.29, 0.717) is 5.41 Å². The Balaban J connectivity index is 2.61. The van der Waals surface area contributed by atoms with E-state index in [2.05, 4.69) is 34.6 Å². The van der Waals surface area contributed by atoms with E-state index >= 15 is 0 Å². The maximum absolute atomic E-state index is 6.07. The topological polar surface area (TPSA) is 26.0 Å². The molecule has 1 heteroatoms. The fraction of sp³-hybridized carbons (Fsp3) is 1.00. The van der Waals surface area contributed by atoms with Gasteiger partial charge in [-0.15, -0.1) is 0 Å². The van der Waals surface area contributed by atoms with Crippen molar-refractivity contribution in [2.75, 3.05) is 6.54 Å². The van der Waals surface area contributed by atoms with Crippen LogP contribution in [0.1, 0.15) is 86.0 Å². The number of hydrogen-bond donors (Lipinski definition) is 1. The van der Waals surface area contributed by atoms with Crippen LogP contribution in [0.4, 0.5) is 0 Å². The highest BCUT2D eigenvalue weighted by molar-refractivity contribution is 4.87. The van der Waals surface area contributed by atoms with Crippen molar-refractivity contribution in [2.45, 2.75) is 86.0 Å². The molecule has 120 valence electrons. The van der Waals surface area contributed by atoms with E-state index in [4.69, 9.17) is 5.73 Å². The third-order valence-corrected chi connectivity index (χ3v) is 5.85. The highest BCUT2D eigenvalue weighted by Crippen LogP contribution is 2.45. The highest BCUT2D eigenvalue weighted by atomic mass is 14.6. The molecule has 1 saturated carbocycles. The summed E-state index contributed by atoms with van der Waals surface area (Å²) < 4.78 is 0. The van der Waals surface area contributed by atoms with Crippen LogP contribution in [0.5, 0.6) is 0 Å². The van der Waals surface area contributed by atoms with Gasteiger partial charge in [-0.2, -0.15) is 0 Å². The van der Waals surface area contributed by atoms with Crippen LogP contribution in [-0.2, 0) is 0 Å². The summed E-state index contributed by atoms with van der Waals surface area (Å²) in [6.45, 7) is 12.9. The van der Waals surface area contributed by atoms with Gasteiger partial charge in [0, 0.05) is 0 Å². The van der Waals surface area contributed by atoms with Gasteiger partial charge in [-0.05, 0) is 61.3 Å². The molecule has 1 rings (SSSR count). The first-order valence-electron chi connectivity index (χ1n) is 9.12. The predicted molar refractivity (Wildman–Crippen MR) is 90.8 cm³/mol. The minimum atomic E-state index is 0.475. The van der Waals surface area contributed by atoms with Crippen molar-refractivity contribution in [2.24, 2.45) is 34.8 Å². The van der Waals surface area contributed by atoms with Gasteiger partial charge in [0.1, 0.15) is 0 Å². The van der Waals surface area contributed by atoms with Crippen LogP contribution >= 0.6 is 0 Å². The van der Waals surface area contributed by atoms with E-state index in [-0.39, 0.29) is 0 Å². The average molecular weight is 282 g/mol. The minimum absolute atomic E-state index is 0.475. The summed E-state index contributed by atoms with van der Waals surface area (Å²) in [5, 5.41) is 0. The van der Waals surface area contributed by atoms with Crippen molar-refractivity contribution in [3.63, 3.8) is 0 Å². The van der Waals surface area contributed by atoms with Gasteiger partial charge in [0.2, 0.25) is 0 Å². The lowest BCUT2D eigenvalue weighted by Crippen LogP contribution is -2.36. The molecule has 1 nitrogen and oxygen atoms in total. The molecule has 0 saturated heterocycles. The van der Waals surface area contributed by atoms with Crippen molar-refractivity contribution < 1.29 is 0 Å². The Morgan fingerprint density at radius 2 is 1.80 bits per heavy atom. The monoisotopic (exact) mass is 281 g/mol. The molecule has 4 unspecified atom stereocenters. The fourth-order valence-electron chi connectivity index (χ4n) is 4.12. The van der Waals surface area contributed by atoms with Crippen LogP contribution in [-0.4, -0.2) is 6.54 Å². The van der Waals surface area contributed by atoms with Crippen molar-refractivity contribution in [3.8, 4) is 0 Å². The third kappa shape index (κ3) is 5.39. The van der Waals surface area contributed by atoms with Gasteiger partial charge in [-0.25, -0.2) is 0 Å². The lowest BCUT2D eigenvalue weighted by molar-refractivity contribution is 0.0848. The Morgan fingerprint density at radius 3 is 2.30 bits per heavy atom. The van der Waals surface area contributed by atoms with E-state index < -0.39 is 0 Å². The molecule has 0 aromatic heterocycles. The molecule has 1 fully saturated rings. The molecular weight excluding hydrogens is 242 g/mol. The Kier molecular flexibility index (Phi) is 7.58. The normalized spacial score (nSPS) is 29.4. The van der Waals surface area contributed by atoms with Gasteiger partial charge in [0.15, 0.2) is 0 Å². The molecule has 20 heavy (non-hydrogen) atoms. The summed E-state index contributed by atoms with van der Waals surface area (Å²) in [4.78, 5) is 0. The van der Waals surface area contributed by atoms with Gasteiger partial charge >= 0.3 is 0 Å². The molecule has 0 aromatic carbocycles. The van der Waals surface area contributed by atoms with Gasteiger partial charge in [-0.3, -0.25) is 0 Å². The summed E-state index contributed by atoms with van der Waals surface area (Å²) in [6.07, 6.45) is 11.2. The van der Waals surface area contributed by atoms with E-state index in [1.165, 1.54) is 51.4 Å². The molecule has 0 bridgehead atoms. The summed E-state index contributed by atoms with van der Waals surface area (Å²) in [7, 11) is 0. The van der Waals surface area contributed by atoms with Crippen molar-refractivity contribution in [1.29, 1.82) is 0 Å². The second kappa shape index (κ2) is 8.41. The molecule has 1 aliphatic carbocycles. The van der Waals surface area contributed by atoms with Crippen molar-refractivity contribution in [3.05, 3.63) is 0 Å². The van der Waals surface area contributed by atoms with Gasteiger partial charge in [0.25, 0.3) is 0 Å². The molecular formula is C19H39N. The van der Waals surface area contributed by atoms with Gasteiger partial charge in [0.05, 0.1) is 0 Å². The lowest BCUT2D eigenvalue weighted by atomic mass is 9.63. The number of rotatable bonds is 7. The summed E-state index contributed by atoms with van der Waals surface area (Å²) in [5.74, 6) is 3.52. The third-order valence-electron chi connectivity index (χ3n) is 5.85. The standard InChI is InChI=1S/C19H39N/c1-6-8-9-15(7-2)12-17-13-18(19(3,4)5)11-10-16(17)14-20/h15-18H,6-14,20H2,1-5H3. The van der Waals surface area contributed by atoms with Crippen LogP contribution in [0.15, 0.2) is 0 Å². The lowest BCUT2D eigenvalue weighted by Gasteiger charge is -2.42. The highest BCUT2D eigenvalue weighted by Gasteiger charge is 2.35. The first-order chi connectivity index (χ1) is 9.42. The smallest absolute Gasteiger partial charge is 0.00462 e. The second-order valence-electron chi connectivity index (χ2n) is 8.28. The zero-order chi connectivity index (χ0) is 15.2. The van der Waals surface area contributed by atoms with Gasteiger partial charge in [-0.1, -0.05) is 60.3 Å². The number of unbranched alkanes of at least 4 members (excludes halogenated alkanes) is 1. The Hall–Kier alpha value is -0.0400. The van der Waals surface area contributed by atoms with Crippen LogP contribution in [0.2, 0.25) is 0 Å². The van der Waals surface area contributed by atoms with Crippen molar-refractivity contribution in [1.82, 2.24) is 0 Å². The van der Waals surface area contributed by atoms with E-state index in [1.807, 2.05) is 0 Å². The Labute approximate surface area is 128 Å². The van der Waals surface area contributed by atoms with E-state index in [9.17, 15) is 0 Å². The molecule has 0 aromatic rings. The van der Waals surface area contributed by atoms with E-state index in [0.717, 1.165) is 30.2 Å².